The van der Waals surface area contributed by atoms with Gasteiger partial charge >= 0.3 is 0 Å². The number of rotatable bonds is 8. The minimum atomic E-state index is -0.550. The van der Waals surface area contributed by atoms with Gasteiger partial charge in [-0.1, -0.05) is 218 Å². The van der Waals surface area contributed by atoms with Crippen molar-refractivity contribution in [1.29, 1.82) is 0 Å². The fraction of sp³-hybridized carbons (Fsp3) is 0.0130. The molecule has 13 aromatic carbocycles. The number of fused-ring (bicyclic) bond motifs is 15. The Balaban J connectivity index is 0.847. The first-order valence-corrected chi connectivity index (χ1v) is 28.0. The summed E-state index contributed by atoms with van der Waals surface area (Å²) in [6.45, 7) is 0. The van der Waals surface area contributed by atoms with Crippen LogP contribution in [0, 0.1) is 5.82 Å². The van der Waals surface area contributed by atoms with Gasteiger partial charge in [0.15, 0.2) is 0 Å². The highest BCUT2D eigenvalue weighted by Gasteiger charge is 2.52. The lowest BCUT2D eigenvalue weighted by molar-refractivity contribution is 0.629. The van der Waals surface area contributed by atoms with Crippen molar-refractivity contribution in [2.45, 2.75) is 5.41 Å². The monoisotopic (exact) mass is 1050 g/mol. The molecule has 0 amide bonds. The van der Waals surface area contributed by atoms with Gasteiger partial charge in [-0.05, 0) is 166 Å². The molecular weight excluding hydrogens is 1000 g/mol. The number of para-hydroxylation sites is 3. The summed E-state index contributed by atoms with van der Waals surface area (Å²) >= 11 is 0. The number of hydrogen-bond donors (Lipinski definition) is 0. The average molecular weight is 1050 g/mol. The Morgan fingerprint density at radius 2 is 0.780 bits per heavy atom. The summed E-state index contributed by atoms with van der Waals surface area (Å²) in [5.74, 6) is 0.307. The van der Waals surface area contributed by atoms with Gasteiger partial charge in [0.2, 0.25) is 5.95 Å². The van der Waals surface area contributed by atoms with Crippen LogP contribution in [0.4, 0.5) is 38.8 Å². The lowest BCUT2D eigenvalue weighted by Crippen LogP contribution is -2.26. The first-order valence-electron chi connectivity index (χ1n) is 28.0. The second kappa shape index (κ2) is 17.9. The van der Waals surface area contributed by atoms with Crippen molar-refractivity contribution in [3.05, 3.63) is 313 Å². The third-order valence-corrected chi connectivity index (χ3v) is 17.5. The summed E-state index contributed by atoms with van der Waals surface area (Å²) in [7, 11) is 0. The van der Waals surface area contributed by atoms with Crippen molar-refractivity contribution >= 4 is 66.8 Å². The number of hydrogen-bond acceptors (Lipinski definition) is 4. The SMILES string of the molecule is Fc1ccccc1N(c1ccc(-c2c3c(c(-c4ccc(N(c5ccccc5)c5ncc6ccccc6n5)cc4)c4ccccc24)-c2cccc4cccc-3c24)cc1)c1cccc2c1-c1ccccc1C21c2ccccc2-c2ccccc21. The lowest BCUT2D eigenvalue weighted by Gasteiger charge is -2.32. The molecule has 0 bridgehead atoms. The highest BCUT2D eigenvalue weighted by molar-refractivity contribution is 6.27. The predicted octanol–water partition coefficient (Wildman–Crippen LogP) is 20.3. The molecule has 382 valence electrons. The van der Waals surface area contributed by atoms with E-state index in [0.29, 0.717) is 11.6 Å². The van der Waals surface area contributed by atoms with E-state index in [-0.39, 0.29) is 5.82 Å². The van der Waals surface area contributed by atoms with Crippen LogP contribution in [0.2, 0.25) is 0 Å². The normalized spacial score (nSPS) is 12.8. The van der Waals surface area contributed by atoms with Crippen LogP contribution < -0.4 is 9.80 Å². The summed E-state index contributed by atoms with van der Waals surface area (Å²) in [5, 5.41) is 5.76. The summed E-state index contributed by atoms with van der Waals surface area (Å²) in [5.41, 5.74) is 23.6. The van der Waals surface area contributed by atoms with Gasteiger partial charge in [0.05, 0.1) is 22.3 Å². The standard InChI is InChI=1S/C77H47FN4/c78-66-35-13-15-37-68(66)82(69-38-18-34-65-73(69)59-28-9-12-33-64(59)77(65)62-31-10-7-24-55(62)56-25-8-11-32-63(56)77)54-45-41-50(42-46-54)72-58-27-6-5-26-57(58)71(74-60-29-16-20-48-21-17-30-61(70(48)60)75(72)74)49-39-43-53(44-40-49)81(52-22-2-1-3-23-52)76-79-47-51-19-4-14-36-67(51)80-76/h1-47H. The molecule has 0 saturated heterocycles. The van der Waals surface area contributed by atoms with Crippen LogP contribution >= 0.6 is 0 Å². The van der Waals surface area contributed by atoms with E-state index in [4.69, 9.17) is 9.97 Å². The Labute approximate surface area is 474 Å². The topological polar surface area (TPSA) is 32.3 Å². The minimum absolute atomic E-state index is 0.296. The van der Waals surface area contributed by atoms with Crippen LogP contribution in [-0.4, -0.2) is 9.97 Å². The Hall–Kier alpha value is -10.8. The van der Waals surface area contributed by atoms with Crippen LogP contribution in [0.15, 0.2) is 285 Å². The molecule has 0 atom stereocenters. The molecule has 0 saturated carbocycles. The maximum Gasteiger partial charge on any atom is 0.235 e. The molecule has 4 nitrogen and oxygen atoms in total. The Morgan fingerprint density at radius 3 is 1.43 bits per heavy atom. The van der Waals surface area contributed by atoms with Gasteiger partial charge in [-0.25, -0.2) is 14.4 Å². The number of nitrogens with zero attached hydrogens (tertiary/aromatic N) is 4. The highest BCUT2D eigenvalue weighted by atomic mass is 19.1. The fourth-order valence-corrected chi connectivity index (χ4v) is 14.3. The van der Waals surface area contributed by atoms with Crippen LogP contribution in [0.3, 0.4) is 0 Å². The third-order valence-electron chi connectivity index (χ3n) is 17.5. The Kier molecular flexibility index (Phi) is 10.1. The van der Waals surface area contributed by atoms with Gasteiger partial charge in [-0.3, -0.25) is 4.90 Å². The van der Waals surface area contributed by atoms with E-state index < -0.39 is 5.41 Å². The quantitative estimate of drug-likeness (QED) is 0.152. The minimum Gasteiger partial charge on any atom is -0.307 e. The lowest BCUT2D eigenvalue weighted by atomic mass is 9.70. The summed E-state index contributed by atoms with van der Waals surface area (Å²) in [6, 6.07) is 98.9. The maximum absolute atomic E-state index is 16.9. The molecule has 14 aromatic rings. The van der Waals surface area contributed by atoms with Gasteiger partial charge < -0.3 is 4.90 Å². The molecule has 82 heavy (non-hydrogen) atoms. The van der Waals surface area contributed by atoms with E-state index in [0.717, 1.165) is 72.2 Å². The second-order valence-electron chi connectivity index (χ2n) is 21.6. The van der Waals surface area contributed by atoms with Gasteiger partial charge in [-0.15, -0.1) is 0 Å². The summed E-state index contributed by atoms with van der Waals surface area (Å²) < 4.78 is 16.9. The molecule has 1 spiro atoms. The largest absolute Gasteiger partial charge is 0.307 e. The molecule has 3 aliphatic carbocycles. The van der Waals surface area contributed by atoms with Crippen LogP contribution in [0.5, 0.6) is 0 Å². The molecule has 0 unspecified atom stereocenters. The van der Waals surface area contributed by atoms with Crippen LogP contribution in [0.1, 0.15) is 22.3 Å². The first kappa shape index (κ1) is 46.2. The number of aromatic nitrogens is 2. The van der Waals surface area contributed by atoms with E-state index in [1.54, 1.807) is 12.1 Å². The smallest absolute Gasteiger partial charge is 0.235 e. The molecule has 1 aromatic heterocycles. The molecule has 0 radical (unpaired) electrons. The van der Waals surface area contributed by atoms with E-state index in [2.05, 4.69) is 234 Å². The Morgan fingerprint density at radius 1 is 0.317 bits per heavy atom. The van der Waals surface area contributed by atoms with Crippen LogP contribution in [-0.2, 0) is 5.41 Å². The molecule has 0 N–H and O–H groups in total. The molecular formula is C77H47FN4. The van der Waals surface area contributed by atoms with Crippen molar-refractivity contribution in [3.63, 3.8) is 0 Å². The molecule has 5 heteroatoms. The molecule has 1 heterocycles. The van der Waals surface area contributed by atoms with E-state index in [1.807, 2.05) is 48.7 Å². The summed E-state index contributed by atoms with van der Waals surface area (Å²) in [6.07, 6.45) is 1.90. The van der Waals surface area contributed by atoms with Gasteiger partial charge in [0.1, 0.15) is 5.82 Å². The van der Waals surface area contributed by atoms with Crippen molar-refractivity contribution in [2.24, 2.45) is 0 Å². The van der Waals surface area contributed by atoms with Crippen molar-refractivity contribution in [1.82, 2.24) is 9.97 Å². The first-order chi connectivity index (χ1) is 40.6. The molecule has 17 rings (SSSR count). The summed E-state index contributed by atoms with van der Waals surface area (Å²) in [4.78, 5) is 14.2. The molecule has 0 aliphatic heterocycles. The maximum atomic E-state index is 16.9. The third kappa shape index (κ3) is 6.53. The fourth-order valence-electron chi connectivity index (χ4n) is 14.3. The van der Waals surface area contributed by atoms with Crippen LogP contribution in [0.25, 0.3) is 99.2 Å². The van der Waals surface area contributed by atoms with Gasteiger partial charge in [-0.2, -0.15) is 0 Å². The van der Waals surface area contributed by atoms with E-state index >= 15 is 4.39 Å². The molecule has 3 aliphatic rings. The van der Waals surface area contributed by atoms with Crippen molar-refractivity contribution in [2.75, 3.05) is 9.80 Å². The van der Waals surface area contributed by atoms with Gasteiger partial charge in [0, 0.05) is 34.2 Å². The Bertz CT molecular complexity index is 4900. The number of benzene rings is 13. The zero-order valence-electron chi connectivity index (χ0n) is 44.3. The van der Waals surface area contributed by atoms with Crippen molar-refractivity contribution < 1.29 is 4.39 Å². The predicted molar refractivity (Wildman–Crippen MR) is 335 cm³/mol. The second-order valence-corrected chi connectivity index (χ2v) is 21.6. The number of halogens is 1. The van der Waals surface area contributed by atoms with E-state index in [9.17, 15) is 0 Å². The van der Waals surface area contributed by atoms with Gasteiger partial charge in [0.25, 0.3) is 0 Å². The molecule has 0 fully saturated rings. The average Bonchev–Trinajstić information content (AvgIpc) is 1.69. The highest BCUT2D eigenvalue weighted by Crippen LogP contribution is 2.65. The number of anilines is 6. The van der Waals surface area contributed by atoms with Crippen molar-refractivity contribution in [3.8, 4) is 66.8 Å². The van der Waals surface area contributed by atoms with E-state index in [1.165, 1.54) is 72.0 Å². The zero-order chi connectivity index (χ0) is 54.0. The zero-order valence-corrected chi connectivity index (χ0v) is 44.3.